The first-order valence-corrected chi connectivity index (χ1v) is 5.90. The third-order valence-electron chi connectivity index (χ3n) is 2.75. The van der Waals surface area contributed by atoms with Gasteiger partial charge in [-0.3, -0.25) is 0 Å². The maximum Gasteiger partial charge on any atom is 0.165 e. The minimum absolute atomic E-state index is 0.223. The zero-order chi connectivity index (χ0) is 11.0. The number of ether oxygens (including phenoxy) is 1. The number of hydrogen-bond acceptors (Lipinski definition) is 2. The van der Waals surface area contributed by atoms with Gasteiger partial charge >= 0.3 is 0 Å². The van der Waals surface area contributed by atoms with Crippen LogP contribution in [0.3, 0.4) is 0 Å². The van der Waals surface area contributed by atoms with Crippen LogP contribution in [0.1, 0.15) is 59.8 Å². The summed E-state index contributed by atoms with van der Waals surface area (Å²) in [6, 6.07) is 0. The largest absolute Gasteiger partial charge is 0.365 e. The van der Waals surface area contributed by atoms with Crippen molar-refractivity contribution in [3.8, 4) is 0 Å². The maximum atomic E-state index is 9.99. The molecule has 0 bridgehead atoms. The second-order valence-electron chi connectivity index (χ2n) is 4.30. The van der Waals surface area contributed by atoms with E-state index >= 15 is 0 Å². The van der Waals surface area contributed by atoms with Gasteiger partial charge in [0, 0.05) is 12.5 Å². The molecule has 0 amide bonds. The van der Waals surface area contributed by atoms with Crippen molar-refractivity contribution in [1.29, 1.82) is 0 Å². The Morgan fingerprint density at radius 2 is 1.86 bits per heavy atom. The molecule has 0 radical (unpaired) electrons. The smallest absolute Gasteiger partial charge is 0.165 e. The Hall–Kier alpha value is -0.0800. The monoisotopic (exact) mass is 202 g/mol. The zero-order valence-electron chi connectivity index (χ0n) is 10.2. The zero-order valence-corrected chi connectivity index (χ0v) is 10.2. The molecule has 0 aliphatic rings. The van der Waals surface area contributed by atoms with Gasteiger partial charge in [-0.2, -0.15) is 0 Å². The van der Waals surface area contributed by atoms with E-state index in [1.807, 2.05) is 0 Å². The third-order valence-corrected chi connectivity index (χ3v) is 2.75. The summed E-state index contributed by atoms with van der Waals surface area (Å²) in [5, 5.41) is 9.99. The minimum Gasteiger partial charge on any atom is -0.365 e. The van der Waals surface area contributed by atoms with E-state index < -0.39 is 5.79 Å². The van der Waals surface area contributed by atoms with Gasteiger partial charge in [-0.1, -0.05) is 40.0 Å². The predicted molar refractivity (Wildman–Crippen MR) is 60.2 cm³/mol. The average molecular weight is 202 g/mol. The first-order valence-electron chi connectivity index (χ1n) is 5.90. The molecule has 0 aromatic heterocycles. The summed E-state index contributed by atoms with van der Waals surface area (Å²) >= 11 is 0. The Morgan fingerprint density at radius 3 is 2.36 bits per heavy atom. The lowest BCUT2D eigenvalue weighted by molar-refractivity contribution is -0.221. The number of unbranched alkanes of at least 4 members (excludes halogenated alkanes) is 2. The van der Waals surface area contributed by atoms with E-state index in [-0.39, 0.29) is 5.92 Å². The molecule has 2 nitrogen and oxygen atoms in total. The molecule has 2 heteroatoms. The van der Waals surface area contributed by atoms with Crippen LogP contribution < -0.4 is 0 Å². The second-order valence-corrected chi connectivity index (χ2v) is 4.30. The van der Waals surface area contributed by atoms with E-state index in [0.29, 0.717) is 6.61 Å². The first kappa shape index (κ1) is 13.9. The van der Waals surface area contributed by atoms with E-state index in [1.54, 1.807) is 6.92 Å². The molecule has 2 unspecified atom stereocenters. The van der Waals surface area contributed by atoms with Crippen molar-refractivity contribution in [2.75, 3.05) is 6.61 Å². The van der Waals surface area contributed by atoms with Gasteiger partial charge in [-0.25, -0.2) is 0 Å². The molecule has 0 aromatic rings. The Morgan fingerprint density at radius 1 is 1.21 bits per heavy atom. The molecule has 0 saturated heterocycles. The summed E-state index contributed by atoms with van der Waals surface area (Å²) < 4.78 is 5.43. The molecule has 0 fully saturated rings. The normalized spacial score (nSPS) is 17.8. The molecule has 1 N–H and O–H groups in total. The fourth-order valence-electron chi connectivity index (χ4n) is 1.42. The van der Waals surface area contributed by atoms with Crippen LogP contribution in [-0.2, 0) is 4.74 Å². The van der Waals surface area contributed by atoms with E-state index in [1.165, 1.54) is 19.3 Å². The summed E-state index contributed by atoms with van der Waals surface area (Å²) in [4.78, 5) is 0. The van der Waals surface area contributed by atoms with Crippen LogP contribution in [0.15, 0.2) is 0 Å². The van der Waals surface area contributed by atoms with Crippen molar-refractivity contribution >= 4 is 0 Å². The van der Waals surface area contributed by atoms with Gasteiger partial charge in [0.2, 0.25) is 0 Å². The van der Waals surface area contributed by atoms with Gasteiger partial charge < -0.3 is 9.84 Å². The number of aliphatic hydroxyl groups is 1. The van der Waals surface area contributed by atoms with Crippen LogP contribution in [0, 0.1) is 5.92 Å². The van der Waals surface area contributed by atoms with Gasteiger partial charge in [-0.05, 0) is 19.8 Å². The molecular formula is C12H26O2. The van der Waals surface area contributed by atoms with Crippen LogP contribution >= 0.6 is 0 Å². The second kappa shape index (κ2) is 7.24. The lowest BCUT2D eigenvalue weighted by atomic mass is 9.95. The van der Waals surface area contributed by atoms with Crippen molar-refractivity contribution in [3.63, 3.8) is 0 Å². The molecule has 2 atom stereocenters. The Kier molecular flexibility index (Phi) is 7.20. The lowest BCUT2D eigenvalue weighted by Crippen LogP contribution is -2.36. The summed E-state index contributed by atoms with van der Waals surface area (Å²) in [6.45, 7) is 8.73. The summed E-state index contributed by atoms with van der Waals surface area (Å²) in [6.07, 6.45) is 5.66. The lowest BCUT2D eigenvalue weighted by Gasteiger charge is -2.30. The standard InChI is InChI=1S/C12H26O2/c1-5-7-8-9-11(3)12(4,13)14-10-6-2/h11,13H,5-10H2,1-4H3. The van der Waals surface area contributed by atoms with Crippen LogP contribution in [0.5, 0.6) is 0 Å². The summed E-state index contributed by atoms with van der Waals surface area (Å²) in [7, 11) is 0. The summed E-state index contributed by atoms with van der Waals surface area (Å²) in [5.74, 6) is -0.718. The van der Waals surface area contributed by atoms with Gasteiger partial charge in [0.15, 0.2) is 5.79 Å². The van der Waals surface area contributed by atoms with Crippen molar-refractivity contribution < 1.29 is 9.84 Å². The van der Waals surface area contributed by atoms with E-state index in [2.05, 4.69) is 20.8 Å². The molecule has 0 heterocycles. The van der Waals surface area contributed by atoms with Gasteiger partial charge in [0.05, 0.1) is 0 Å². The van der Waals surface area contributed by atoms with Gasteiger partial charge in [0.25, 0.3) is 0 Å². The van der Waals surface area contributed by atoms with Gasteiger partial charge in [0.1, 0.15) is 0 Å². The highest BCUT2D eigenvalue weighted by atomic mass is 16.6. The van der Waals surface area contributed by atoms with E-state index in [4.69, 9.17) is 4.74 Å². The highest BCUT2D eigenvalue weighted by Crippen LogP contribution is 2.24. The molecule has 0 aliphatic carbocycles. The van der Waals surface area contributed by atoms with Gasteiger partial charge in [-0.15, -0.1) is 0 Å². The Bertz CT molecular complexity index is 132. The molecule has 14 heavy (non-hydrogen) atoms. The Balaban J connectivity index is 3.75. The van der Waals surface area contributed by atoms with E-state index in [0.717, 1.165) is 12.8 Å². The van der Waals surface area contributed by atoms with Crippen molar-refractivity contribution in [2.45, 2.75) is 65.6 Å². The van der Waals surface area contributed by atoms with E-state index in [9.17, 15) is 5.11 Å². The van der Waals surface area contributed by atoms with Crippen LogP contribution in [0.4, 0.5) is 0 Å². The topological polar surface area (TPSA) is 29.5 Å². The number of rotatable bonds is 8. The fourth-order valence-corrected chi connectivity index (χ4v) is 1.42. The predicted octanol–water partition coefficient (Wildman–Crippen LogP) is 3.34. The molecule has 0 spiro atoms. The van der Waals surface area contributed by atoms with Crippen molar-refractivity contribution in [3.05, 3.63) is 0 Å². The summed E-state index contributed by atoms with van der Waals surface area (Å²) in [5.41, 5.74) is 0. The maximum absolute atomic E-state index is 9.99. The third kappa shape index (κ3) is 5.61. The number of hydrogen-bond donors (Lipinski definition) is 1. The molecule has 0 rings (SSSR count). The minimum atomic E-state index is -0.941. The quantitative estimate of drug-likeness (QED) is 0.483. The van der Waals surface area contributed by atoms with Crippen LogP contribution in [0.25, 0.3) is 0 Å². The molecule has 0 saturated carbocycles. The molecule has 0 aliphatic heterocycles. The molecule has 86 valence electrons. The van der Waals surface area contributed by atoms with Crippen LogP contribution in [0.2, 0.25) is 0 Å². The van der Waals surface area contributed by atoms with Crippen molar-refractivity contribution in [2.24, 2.45) is 5.92 Å². The van der Waals surface area contributed by atoms with Crippen LogP contribution in [-0.4, -0.2) is 17.5 Å². The molecular weight excluding hydrogens is 176 g/mol. The average Bonchev–Trinajstić information content (AvgIpc) is 2.15. The molecule has 0 aromatic carbocycles. The fraction of sp³-hybridized carbons (Fsp3) is 1.00. The van der Waals surface area contributed by atoms with Crippen molar-refractivity contribution in [1.82, 2.24) is 0 Å². The highest BCUT2D eigenvalue weighted by molar-refractivity contribution is 4.69. The highest BCUT2D eigenvalue weighted by Gasteiger charge is 2.28. The SMILES string of the molecule is CCCCCC(C)C(C)(O)OCCC. The first-order chi connectivity index (χ1) is 6.54. The Labute approximate surface area is 88.7 Å².